The quantitative estimate of drug-likeness (QED) is 0.351. The Hall–Kier alpha value is -0.940. The Balaban J connectivity index is 3.62. The molecule has 0 spiro atoms. The first-order valence-electron chi connectivity index (χ1n) is 4.21. The third-order valence-electron chi connectivity index (χ3n) is 1.48. The Labute approximate surface area is 77.1 Å². The summed E-state index contributed by atoms with van der Waals surface area (Å²) < 4.78 is 5.08. The van der Waals surface area contributed by atoms with Crippen molar-refractivity contribution < 1.29 is 19.2 Å². The van der Waals surface area contributed by atoms with Crippen molar-refractivity contribution in [3.8, 4) is 0 Å². The molecule has 2 N–H and O–H groups in total. The van der Waals surface area contributed by atoms with Crippen molar-refractivity contribution in [1.29, 1.82) is 0 Å². The zero-order valence-corrected chi connectivity index (χ0v) is 7.69. The maximum absolute atomic E-state index is 10.6. The second kappa shape index (κ2) is 7.70. The van der Waals surface area contributed by atoms with Crippen LogP contribution >= 0.6 is 0 Å². The van der Waals surface area contributed by atoms with E-state index in [9.17, 15) is 9.59 Å². The van der Waals surface area contributed by atoms with Crippen molar-refractivity contribution in [3.63, 3.8) is 0 Å². The first-order valence-corrected chi connectivity index (χ1v) is 4.21. The maximum Gasteiger partial charge on any atom is 0.327 e. The van der Waals surface area contributed by atoms with E-state index in [1.807, 2.05) is 6.92 Å². The van der Waals surface area contributed by atoms with E-state index in [2.05, 4.69) is 10.7 Å². The van der Waals surface area contributed by atoms with Crippen LogP contribution in [-0.4, -0.2) is 25.0 Å². The lowest BCUT2D eigenvalue weighted by atomic mass is 10.3. The fourth-order valence-electron chi connectivity index (χ4n) is 0.738. The minimum Gasteiger partial charge on any atom is -0.373 e. The highest BCUT2D eigenvalue weighted by Gasteiger charge is 2.13. The lowest BCUT2D eigenvalue weighted by Crippen LogP contribution is -2.22. The van der Waals surface area contributed by atoms with Gasteiger partial charge in [0.1, 0.15) is 12.4 Å². The van der Waals surface area contributed by atoms with Gasteiger partial charge in [-0.1, -0.05) is 13.3 Å². The SMILES string of the molecule is CCCCOC(C=O)CC(=O)ON. The van der Waals surface area contributed by atoms with Gasteiger partial charge in [0.15, 0.2) is 0 Å². The van der Waals surface area contributed by atoms with Crippen molar-refractivity contribution in [1.82, 2.24) is 0 Å². The fourth-order valence-corrected chi connectivity index (χ4v) is 0.738. The molecule has 0 aromatic carbocycles. The van der Waals surface area contributed by atoms with E-state index >= 15 is 0 Å². The topological polar surface area (TPSA) is 78.6 Å². The number of ether oxygens (including phenoxy) is 1. The highest BCUT2D eigenvalue weighted by Crippen LogP contribution is 1.98. The largest absolute Gasteiger partial charge is 0.373 e. The number of hydrogen-bond donors (Lipinski definition) is 1. The van der Waals surface area contributed by atoms with Gasteiger partial charge in [0.05, 0.1) is 6.42 Å². The van der Waals surface area contributed by atoms with Crippen molar-refractivity contribution in [2.75, 3.05) is 6.61 Å². The summed E-state index contributed by atoms with van der Waals surface area (Å²) in [6, 6.07) is 0. The molecule has 0 saturated heterocycles. The molecular formula is C8H15NO4. The molecule has 0 aliphatic rings. The molecule has 0 rings (SSSR count). The number of unbranched alkanes of at least 4 members (excludes halogenated alkanes) is 1. The van der Waals surface area contributed by atoms with Crippen LogP contribution < -0.4 is 5.90 Å². The third-order valence-corrected chi connectivity index (χ3v) is 1.48. The van der Waals surface area contributed by atoms with E-state index in [4.69, 9.17) is 4.74 Å². The van der Waals surface area contributed by atoms with Gasteiger partial charge in [-0.3, -0.25) is 4.79 Å². The first kappa shape index (κ1) is 12.1. The molecule has 0 aliphatic carbocycles. The van der Waals surface area contributed by atoms with Crippen molar-refractivity contribution in [2.45, 2.75) is 32.3 Å². The van der Waals surface area contributed by atoms with Crippen LogP contribution in [0.1, 0.15) is 26.2 Å². The van der Waals surface area contributed by atoms with E-state index in [1.54, 1.807) is 0 Å². The molecule has 5 nitrogen and oxygen atoms in total. The predicted octanol–water partition coefficient (Wildman–Crippen LogP) is 0.178. The summed E-state index contributed by atoms with van der Waals surface area (Å²) in [4.78, 5) is 24.9. The lowest BCUT2D eigenvalue weighted by molar-refractivity contribution is -0.149. The molecule has 1 unspecified atom stereocenters. The van der Waals surface area contributed by atoms with Crippen LogP contribution in [-0.2, 0) is 19.2 Å². The van der Waals surface area contributed by atoms with Crippen molar-refractivity contribution >= 4 is 12.3 Å². The number of rotatable bonds is 7. The smallest absolute Gasteiger partial charge is 0.327 e. The summed E-state index contributed by atoms with van der Waals surface area (Å²) in [5.74, 6) is 3.96. The summed E-state index contributed by atoms with van der Waals surface area (Å²) in [5.41, 5.74) is 0. The van der Waals surface area contributed by atoms with Crippen molar-refractivity contribution in [2.24, 2.45) is 5.90 Å². The molecule has 0 bridgehead atoms. The molecule has 0 aromatic heterocycles. The van der Waals surface area contributed by atoms with Crippen LogP contribution in [0.15, 0.2) is 0 Å². The Bertz CT molecular complexity index is 160. The number of carbonyl (C=O) groups is 2. The van der Waals surface area contributed by atoms with E-state index in [1.165, 1.54) is 0 Å². The molecule has 13 heavy (non-hydrogen) atoms. The molecular weight excluding hydrogens is 174 g/mol. The number of hydrogen-bond acceptors (Lipinski definition) is 5. The van der Waals surface area contributed by atoms with Crippen molar-refractivity contribution in [3.05, 3.63) is 0 Å². The van der Waals surface area contributed by atoms with Gasteiger partial charge in [-0.2, -0.15) is 5.90 Å². The van der Waals surface area contributed by atoms with Gasteiger partial charge in [0, 0.05) is 6.61 Å². The van der Waals surface area contributed by atoms with Crippen LogP contribution in [0, 0.1) is 0 Å². The lowest BCUT2D eigenvalue weighted by Gasteiger charge is -2.09. The van der Waals surface area contributed by atoms with Crippen LogP contribution in [0.5, 0.6) is 0 Å². The molecule has 5 heteroatoms. The molecule has 0 saturated carbocycles. The summed E-state index contributed by atoms with van der Waals surface area (Å²) in [6.45, 7) is 2.48. The van der Waals surface area contributed by atoms with Gasteiger partial charge in [-0.25, -0.2) is 0 Å². The van der Waals surface area contributed by atoms with Crippen LogP contribution in [0.4, 0.5) is 0 Å². The fraction of sp³-hybridized carbons (Fsp3) is 0.750. The molecule has 1 atom stereocenters. The van der Waals surface area contributed by atoms with Gasteiger partial charge in [0.25, 0.3) is 0 Å². The van der Waals surface area contributed by atoms with Crippen LogP contribution in [0.2, 0.25) is 0 Å². The van der Waals surface area contributed by atoms with E-state index in [0.29, 0.717) is 12.9 Å². The number of aldehydes is 1. The minimum atomic E-state index is -0.734. The standard InChI is InChI=1S/C8H15NO4/c1-2-3-4-12-7(6-10)5-8(11)13-9/h6-7H,2-5,9H2,1H3. The summed E-state index contributed by atoms with van der Waals surface area (Å²) in [5, 5.41) is 0. The summed E-state index contributed by atoms with van der Waals surface area (Å²) >= 11 is 0. The Morgan fingerprint density at radius 3 is 2.77 bits per heavy atom. The molecule has 0 amide bonds. The molecule has 0 aliphatic heterocycles. The average Bonchev–Trinajstić information content (AvgIpc) is 2.16. The molecule has 76 valence electrons. The third kappa shape index (κ3) is 6.24. The maximum atomic E-state index is 10.6. The molecule has 0 aromatic rings. The van der Waals surface area contributed by atoms with Gasteiger partial charge in [-0.15, -0.1) is 0 Å². The Morgan fingerprint density at radius 1 is 1.62 bits per heavy atom. The zero-order chi connectivity index (χ0) is 10.1. The predicted molar refractivity (Wildman–Crippen MR) is 45.6 cm³/mol. The van der Waals surface area contributed by atoms with E-state index in [-0.39, 0.29) is 6.42 Å². The second-order valence-electron chi connectivity index (χ2n) is 2.59. The number of carbonyl (C=O) groups excluding carboxylic acids is 2. The van der Waals surface area contributed by atoms with Crippen LogP contribution in [0.3, 0.4) is 0 Å². The van der Waals surface area contributed by atoms with Crippen LogP contribution in [0.25, 0.3) is 0 Å². The molecule has 0 radical (unpaired) electrons. The van der Waals surface area contributed by atoms with Gasteiger partial charge in [-0.05, 0) is 6.42 Å². The van der Waals surface area contributed by atoms with Gasteiger partial charge in [0.2, 0.25) is 0 Å². The zero-order valence-electron chi connectivity index (χ0n) is 7.69. The van der Waals surface area contributed by atoms with E-state index < -0.39 is 12.1 Å². The first-order chi connectivity index (χ1) is 6.24. The van der Waals surface area contributed by atoms with E-state index in [0.717, 1.165) is 12.8 Å². The van der Waals surface area contributed by atoms with Gasteiger partial charge >= 0.3 is 5.97 Å². The number of nitrogens with two attached hydrogens (primary N) is 1. The highest BCUT2D eigenvalue weighted by molar-refractivity contribution is 5.74. The average molecular weight is 189 g/mol. The monoisotopic (exact) mass is 189 g/mol. The minimum absolute atomic E-state index is 0.121. The second-order valence-corrected chi connectivity index (χ2v) is 2.59. The summed E-state index contributed by atoms with van der Waals surface area (Å²) in [6.07, 6.45) is 1.56. The molecule has 0 fully saturated rings. The highest BCUT2D eigenvalue weighted by atomic mass is 16.7. The Kier molecular flexibility index (Phi) is 7.14. The molecule has 0 heterocycles. The summed E-state index contributed by atoms with van der Waals surface area (Å²) in [7, 11) is 0. The normalized spacial score (nSPS) is 12.2. The Morgan fingerprint density at radius 2 is 2.31 bits per heavy atom. The van der Waals surface area contributed by atoms with Gasteiger partial charge < -0.3 is 14.4 Å².